The summed E-state index contributed by atoms with van der Waals surface area (Å²) in [6.45, 7) is 7.90. The van der Waals surface area contributed by atoms with Gasteiger partial charge in [0.15, 0.2) is 6.61 Å². The Bertz CT molecular complexity index is 1100. The second-order valence-electron chi connectivity index (χ2n) is 8.55. The zero-order chi connectivity index (χ0) is 27.3. The molecule has 0 bridgehead atoms. The number of rotatable bonds is 9. The molecule has 1 aromatic rings. The summed E-state index contributed by atoms with van der Waals surface area (Å²) in [6, 6.07) is 3.66. The van der Waals surface area contributed by atoms with Gasteiger partial charge in [0.25, 0.3) is 0 Å². The first-order chi connectivity index (χ1) is 16.8. The first-order valence-electron chi connectivity index (χ1n) is 11.1. The van der Waals surface area contributed by atoms with E-state index in [9.17, 15) is 27.9 Å². The van der Waals surface area contributed by atoms with Crippen molar-refractivity contribution in [3.05, 3.63) is 36.4 Å². The SMILES string of the molecule is C=CC(=NC(CNc1ccc(C(=O)O)c(OCC(F)(F)F)c1)=NC)N1CC[C@@](C(C)=N)(C(C)C)C1=O. The van der Waals surface area contributed by atoms with Crippen molar-refractivity contribution in [2.75, 3.05) is 32.1 Å². The fraction of sp³-hybridized carbons (Fsp3) is 0.458. The van der Waals surface area contributed by atoms with E-state index in [1.165, 1.54) is 24.1 Å². The number of carboxylic acids is 1. The lowest BCUT2D eigenvalue weighted by Crippen LogP contribution is -2.44. The number of hydrogen-bond donors (Lipinski definition) is 3. The van der Waals surface area contributed by atoms with Crippen molar-refractivity contribution in [3.63, 3.8) is 0 Å². The third-order valence-corrected chi connectivity index (χ3v) is 6.03. The molecule has 1 aliphatic rings. The maximum absolute atomic E-state index is 13.3. The Morgan fingerprint density at radius 1 is 1.42 bits per heavy atom. The molecule has 2 rings (SSSR count). The largest absolute Gasteiger partial charge is 0.483 e. The van der Waals surface area contributed by atoms with Crippen LogP contribution in [0.5, 0.6) is 5.75 Å². The predicted octanol–water partition coefficient (Wildman–Crippen LogP) is 4.26. The highest BCUT2D eigenvalue weighted by Gasteiger charge is 2.51. The van der Waals surface area contributed by atoms with Crippen LogP contribution in [0.25, 0.3) is 0 Å². The summed E-state index contributed by atoms with van der Waals surface area (Å²) in [5, 5.41) is 20.3. The van der Waals surface area contributed by atoms with E-state index in [1.807, 2.05) is 13.8 Å². The highest BCUT2D eigenvalue weighted by atomic mass is 19.4. The average Bonchev–Trinajstić information content (AvgIpc) is 3.15. The van der Waals surface area contributed by atoms with Crippen LogP contribution in [-0.4, -0.2) is 72.2 Å². The van der Waals surface area contributed by atoms with Gasteiger partial charge in [-0.1, -0.05) is 20.4 Å². The maximum atomic E-state index is 13.3. The molecular weight excluding hydrogens is 479 g/mol. The molecule has 1 heterocycles. The van der Waals surface area contributed by atoms with Crippen molar-refractivity contribution < 1.29 is 32.6 Å². The molecule has 3 N–H and O–H groups in total. The molecular formula is C24H30F3N5O4. The van der Waals surface area contributed by atoms with Gasteiger partial charge in [-0.2, -0.15) is 13.2 Å². The lowest BCUT2D eigenvalue weighted by molar-refractivity contribution is -0.153. The Balaban J connectivity index is 2.23. The summed E-state index contributed by atoms with van der Waals surface area (Å²) in [4.78, 5) is 34.6. The topological polar surface area (TPSA) is 127 Å². The molecule has 1 saturated heterocycles. The number of carbonyl (C=O) groups is 2. The fourth-order valence-electron chi connectivity index (χ4n) is 4.06. The Morgan fingerprint density at radius 3 is 2.56 bits per heavy atom. The van der Waals surface area contributed by atoms with Crippen LogP contribution < -0.4 is 10.1 Å². The monoisotopic (exact) mass is 509 g/mol. The lowest BCUT2D eigenvalue weighted by atomic mass is 9.72. The number of ether oxygens (including phenoxy) is 1. The van der Waals surface area contributed by atoms with Crippen LogP contribution >= 0.6 is 0 Å². The van der Waals surface area contributed by atoms with Crippen molar-refractivity contribution >= 4 is 34.9 Å². The van der Waals surface area contributed by atoms with Crippen molar-refractivity contribution in [2.24, 2.45) is 21.3 Å². The number of anilines is 1. The number of alkyl halides is 3. The summed E-state index contributed by atoms with van der Waals surface area (Å²) in [5.41, 5.74) is -0.759. The maximum Gasteiger partial charge on any atom is 0.422 e. The highest BCUT2D eigenvalue weighted by molar-refractivity contribution is 6.17. The van der Waals surface area contributed by atoms with Gasteiger partial charge < -0.3 is 20.6 Å². The van der Waals surface area contributed by atoms with Gasteiger partial charge >= 0.3 is 12.1 Å². The van der Waals surface area contributed by atoms with Gasteiger partial charge in [-0.15, -0.1) is 0 Å². The quantitative estimate of drug-likeness (QED) is 0.339. The van der Waals surface area contributed by atoms with Gasteiger partial charge in [0.2, 0.25) is 5.91 Å². The number of hydrogen-bond acceptors (Lipinski definition) is 6. The van der Waals surface area contributed by atoms with E-state index in [0.29, 0.717) is 13.0 Å². The molecule has 196 valence electrons. The molecule has 0 unspecified atom stereocenters. The minimum Gasteiger partial charge on any atom is -0.483 e. The molecule has 0 radical (unpaired) electrons. The smallest absolute Gasteiger partial charge is 0.422 e. The number of aromatic carboxylic acids is 1. The summed E-state index contributed by atoms with van der Waals surface area (Å²) in [6.07, 6.45) is -2.74. The summed E-state index contributed by atoms with van der Waals surface area (Å²) < 4.78 is 42.3. The molecule has 36 heavy (non-hydrogen) atoms. The molecule has 1 amide bonds. The summed E-state index contributed by atoms with van der Waals surface area (Å²) in [7, 11) is 1.48. The standard InChI is InChI=1S/C24H30F3N5O4/c1-6-20(32-10-9-23(14(2)3,15(4)28)22(32)35)31-19(29-5)12-30-16-7-8-17(21(33)34)18(11-16)36-13-24(25,26)27/h6-8,11,14,28,30H,1,9-10,12-13H2,2-5H3,(H,33,34)/t23-/m0/s1. The van der Waals surface area contributed by atoms with Crippen molar-refractivity contribution in [1.82, 2.24) is 4.90 Å². The van der Waals surface area contributed by atoms with E-state index < -0.39 is 35.5 Å². The van der Waals surface area contributed by atoms with E-state index >= 15 is 0 Å². The van der Waals surface area contributed by atoms with Gasteiger partial charge in [-0.05, 0) is 37.5 Å². The second-order valence-corrected chi connectivity index (χ2v) is 8.55. The minimum absolute atomic E-state index is 0.0138. The Kier molecular flexibility index (Phi) is 9.00. The number of amidine groups is 2. The fourth-order valence-corrected chi connectivity index (χ4v) is 4.06. The number of nitrogens with one attached hydrogen (secondary N) is 2. The van der Waals surface area contributed by atoms with Gasteiger partial charge in [0.05, 0.1) is 12.0 Å². The third kappa shape index (κ3) is 6.29. The number of likely N-dealkylation sites (tertiary alicyclic amines) is 1. The first-order valence-corrected chi connectivity index (χ1v) is 11.1. The van der Waals surface area contributed by atoms with Gasteiger partial charge in [0, 0.05) is 31.1 Å². The summed E-state index contributed by atoms with van der Waals surface area (Å²) >= 11 is 0. The van der Waals surface area contributed by atoms with Crippen molar-refractivity contribution in [2.45, 2.75) is 33.4 Å². The number of aliphatic imine (C=N–C) groups is 2. The molecule has 12 heteroatoms. The predicted molar refractivity (Wildman–Crippen MR) is 131 cm³/mol. The number of carboxylic acid groups (broad SMARTS) is 1. The van der Waals surface area contributed by atoms with Crippen LogP contribution in [0.1, 0.15) is 37.6 Å². The lowest BCUT2D eigenvalue weighted by Gasteiger charge is -2.31. The Labute approximate surface area is 207 Å². The van der Waals surface area contributed by atoms with Gasteiger partial charge in [0.1, 0.15) is 23.0 Å². The number of carbonyl (C=O) groups excluding carboxylic acids is 1. The Morgan fingerprint density at radius 2 is 2.08 bits per heavy atom. The van der Waals surface area contributed by atoms with Crippen LogP contribution in [0.3, 0.4) is 0 Å². The zero-order valence-electron chi connectivity index (χ0n) is 20.6. The number of amides is 1. The molecule has 1 aliphatic heterocycles. The molecule has 1 aromatic carbocycles. The molecule has 0 saturated carbocycles. The average molecular weight is 510 g/mol. The second kappa shape index (κ2) is 11.4. The van der Waals surface area contributed by atoms with Crippen molar-refractivity contribution in [3.8, 4) is 5.75 Å². The number of benzene rings is 1. The van der Waals surface area contributed by atoms with Crippen LogP contribution in [-0.2, 0) is 4.79 Å². The zero-order valence-corrected chi connectivity index (χ0v) is 20.6. The molecule has 0 spiro atoms. The third-order valence-electron chi connectivity index (χ3n) is 6.03. The minimum atomic E-state index is -4.63. The number of nitrogens with zero attached hydrogens (tertiary/aromatic N) is 3. The van der Waals surface area contributed by atoms with Crippen LogP contribution in [0.15, 0.2) is 40.8 Å². The molecule has 0 aliphatic carbocycles. The molecule has 0 aromatic heterocycles. The van der Waals surface area contributed by atoms with Crippen LogP contribution in [0.4, 0.5) is 18.9 Å². The van der Waals surface area contributed by atoms with Crippen LogP contribution in [0, 0.1) is 16.7 Å². The normalized spacial score (nSPS) is 19.0. The van der Waals surface area contributed by atoms with Crippen LogP contribution in [0.2, 0.25) is 0 Å². The van der Waals surface area contributed by atoms with Crippen molar-refractivity contribution in [1.29, 1.82) is 5.41 Å². The van der Waals surface area contributed by atoms with E-state index in [4.69, 9.17) is 5.41 Å². The van der Waals surface area contributed by atoms with E-state index in [1.54, 1.807) is 6.92 Å². The first kappa shape index (κ1) is 28.5. The van der Waals surface area contributed by atoms with Gasteiger partial charge in [-0.3, -0.25) is 14.7 Å². The van der Waals surface area contributed by atoms with E-state index in [0.717, 1.165) is 12.1 Å². The molecule has 1 atom stereocenters. The summed E-state index contributed by atoms with van der Waals surface area (Å²) in [5.74, 6) is -1.66. The van der Waals surface area contributed by atoms with Gasteiger partial charge in [-0.25, -0.2) is 9.79 Å². The molecule has 9 nitrogen and oxygen atoms in total. The molecule has 1 fully saturated rings. The number of halogens is 3. The van der Waals surface area contributed by atoms with E-state index in [2.05, 4.69) is 26.6 Å². The highest BCUT2D eigenvalue weighted by Crippen LogP contribution is 2.40. The van der Waals surface area contributed by atoms with E-state index in [-0.39, 0.29) is 41.4 Å². The Hall–Kier alpha value is -3.70.